The molecule has 0 spiro atoms. The molecule has 0 aliphatic rings. The highest BCUT2D eigenvalue weighted by Gasteiger charge is 2.05. The van der Waals surface area contributed by atoms with Crippen LogP contribution in [0.5, 0.6) is 0 Å². The average molecular weight is 280 g/mol. The fraction of sp³-hybridized carbons (Fsp3) is 0.600. The smallest absolute Gasteiger partial charge is 0.189 e. The van der Waals surface area contributed by atoms with Crippen molar-refractivity contribution in [2.45, 2.75) is 52.6 Å². The van der Waals surface area contributed by atoms with Crippen LogP contribution in [-0.4, -0.2) is 17.0 Å². The summed E-state index contributed by atoms with van der Waals surface area (Å²) in [4.78, 5) is 8.05. The van der Waals surface area contributed by atoms with Crippen molar-refractivity contribution in [3.63, 3.8) is 0 Å². The summed E-state index contributed by atoms with van der Waals surface area (Å²) in [6.45, 7) is 6.67. The molecular weight excluding hydrogens is 255 g/mol. The van der Waals surface area contributed by atoms with E-state index < -0.39 is 0 Å². The molecule has 4 nitrogen and oxygen atoms in total. The number of hydrogen-bond donors (Lipinski definition) is 2. The first-order chi connectivity index (χ1) is 9.49. The van der Waals surface area contributed by atoms with Gasteiger partial charge in [0.2, 0.25) is 0 Å². The number of hydrogen-bond acceptors (Lipinski definition) is 2. The number of nitrogens with one attached hydrogen (secondary N) is 1. The Hall–Kier alpha value is -1.65. The molecule has 1 aromatic heterocycles. The number of pyridine rings is 1. The molecule has 0 saturated carbocycles. The maximum atomic E-state index is 13.4. The molecule has 1 atom stereocenters. The lowest BCUT2D eigenvalue weighted by atomic mass is 10.0. The van der Waals surface area contributed by atoms with Gasteiger partial charge < -0.3 is 11.1 Å². The van der Waals surface area contributed by atoms with Crippen LogP contribution in [0, 0.1) is 11.7 Å². The van der Waals surface area contributed by atoms with E-state index in [9.17, 15) is 4.39 Å². The summed E-state index contributed by atoms with van der Waals surface area (Å²) in [6, 6.07) is 3.20. The van der Waals surface area contributed by atoms with E-state index in [1.54, 1.807) is 12.3 Å². The summed E-state index contributed by atoms with van der Waals surface area (Å²) in [5.74, 6) is 0.710. The Balaban J connectivity index is 2.36. The molecule has 0 fully saturated rings. The van der Waals surface area contributed by atoms with Crippen LogP contribution in [0.3, 0.4) is 0 Å². The molecule has 5 heteroatoms. The van der Waals surface area contributed by atoms with Crippen molar-refractivity contribution in [3.05, 3.63) is 29.8 Å². The molecule has 1 rings (SSSR count). The first-order valence-electron chi connectivity index (χ1n) is 7.15. The van der Waals surface area contributed by atoms with Crippen LogP contribution in [0.1, 0.15) is 45.7 Å². The van der Waals surface area contributed by atoms with Gasteiger partial charge in [-0.05, 0) is 31.4 Å². The van der Waals surface area contributed by atoms with Crippen LogP contribution < -0.4 is 11.1 Å². The Bertz CT molecular complexity index is 432. The summed E-state index contributed by atoms with van der Waals surface area (Å²) >= 11 is 0. The van der Waals surface area contributed by atoms with Gasteiger partial charge in [0, 0.05) is 12.2 Å². The summed E-state index contributed by atoms with van der Waals surface area (Å²) in [6.07, 6.45) is 4.97. The van der Waals surface area contributed by atoms with Crippen molar-refractivity contribution in [1.82, 2.24) is 10.3 Å². The lowest BCUT2D eigenvalue weighted by Gasteiger charge is -2.15. The van der Waals surface area contributed by atoms with Gasteiger partial charge in [0.25, 0.3) is 0 Å². The number of nitrogens with two attached hydrogens (primary N) is 1. The van der Waals surface area contributed by atoms with Gasteiger partial charge in [-0.3, -0.25) is 4.98 Å². The van der Waals surface area contributed by atoms with Crippen LogP contribution in [0.4, 0.5) is 4.39 Å². The molecule has 1 unspecified atom stereocenters. The van der Waals surface area contributed by atoms with E-state index in [-0.39, 0.29) is 18.4 Å². The Morgan fingerprint density at radius 1 is 1.40 bits per heavy atom. The Morgan fingerprint density at radius 2 is 2.15 bits per heavy atom. The third-order valence-electron chi connectivity index (χ3n) is 3.05. The first kappa shape index (κ1) is 16.4. The normalized spacial score (nSPS) is 13.6. The molecule has 112 valence electrons. The van der Waals surface area contributed by atoms with Crippen LogP contribution in [0.15, 0.2) is 23.3 Å². The lowest BCUT2D eigenvalue weighted by molar-refractivity contribution is 0.493. The minimum absolute atomic E-state index is 0.157. The highest BCUT2D eigenvalue weighted by molar-refractivity contribution is 5.78. The van der Waals surface area contributed by atoms with E-state index in [1.165, 1.54) is 12.5 Å². The molecule has 0 saturated heterocycles. The average Bonchev–Trinajstić information content (AvgIpc) is 2.37. The maximum Gasteiger partial charge on any atom is 0.189 e. The molecular formula is C15H25FN4. The van der Waals surface area contributed by atoms with Gasteiger partial charge in [0.1, 0.15) is 5.82 Å². The highest BCUT2D eigenvalue weighted by atomic mass is 19.1. The molecule has 0 aromatic carbocycles. The number of rotatable bonds is 7. The van der Waals surface area contributed by atoms with Gasteiger partial charge in [-0.2, -0.15) is 0 Å². The second-order valence-electron chi connectivity index (χ2n) is 5.50. The molecule has 1 aromatic rings. The number of aromatic nitrogens is 1. The predicted octanol–water partition coefficient (Wildman–Crippen LogP) is 2.84. The minimum atomic E-state index is -0.353. The molecule has 1 heterocycles. The maximum absolute atomic E-state index is 13.4. The highest BCUT2D eigenvalue weighted by Crippen LogP contribution is 2.08. The third-order valence-corrected chi connectivity index (χ3v) is 3.05. The summed E-state index contributed by atoms with van der Waals surface area (Å²) < 4.78 is 13.4. The van der Waals surface area contributed by atoms with Crippen molar-refractivity contribution in [2.24, 2.45) is 16.6 Å². The van der Waals surface area contributed by atoms with Crippen molar-refractivity contribution < 1.29 is 4.39 Å². The third kappa shape index (κ3) is 6.50. The number of guanidine groups is 1. The largest absolute Gasteiger partial charge is 0.370 e. The summed E-state index contributed by atoms with van der Waals surface area (Å²) in [5, 5.41) is 3.12. The van der Waals surface area contributed by atoms with Gasteiger partial charge in [-0.15, -0.1) is 0 Å². The second-order valence-corrected chi connectivity index (χ2v) is 5.50. The van der Waals surface area contributed by atoms with E-state index >= 15 is 0 Å². The van der Waals surface area contributed by atoms with E-state index in [0.29, 0.717) is 11.7 Å². The predicted molar refractivity (Wildman–Crippen MR) is 80.8 cm³/mol. The Kier molecular flexibility index (Phi) is 6.98. The van der Waals surface area contributed by atoms with Crippen LogP contribution in [0.25, 0.3) is 0 Å². The van der Waals surface area contributed by atoms with Gasteiger partial charge in [0.15, 0.2) is 5.96 Å². The zero-order chi connectivity index (χ0) is 15.0. The van der Waals surface area contributed by atoms with Gasteiger partial charge >= 0.3 is 0 Å². The molecule has 20 heavy (non-hydrogen) atoms. The van der Waals surface area contributed by atoms with Crippen molar-refractivity contribution in [2.75, 3.05) is 0 Å². The number of nitrogens with zero attached hydrogens (tertiary/aromatic N) is 2. The Morgan fingerprint density at radius 3 is 2.80 bits per heavy atom. The standard InChI is InChI=1S/C15H25FN4/c1-11(2)6-4-7-12(3)20-15(17)19-10-14-13(16)8-5-9-18-14/h5,8-9,11-12H,4,6-7,10H2,1-3H3,(H3,17,19,20). The van der Waals surface area contributed by atoms with Gasteiger partial charge in [-0.25, -0.2) is 9.38 Å². The van der Waals surface area contributed by atoms with Crippen molar-refractivity contribution >= 4 is 5.96 Å². The second kappa shape index (κ2) is 8.51. The molecule has 0 amide bonds. The monoisotopic (exact) mass is 280 g/mol. The van der Waals surface area contributed by atoms with Crippen LogP contribution in [-0.2, 0) is 6.54 Å². The van der Waals surface area contributed by atoms with Crippen LogP contribution >= 0.6 is 0 Å². The molecule has 0 bridgehead atoms. The molecule has 0 aliphatic carbocycles. The zero-order valence-electron chi connectivity index (χ0n) is 12.6. The van der Waals surface area contributed by atoms with Gasteiger partial charge in [0.05, 0.1) is 12.2 Å². The first-order valence-corrected chi connectivity index (χ1v) is 7.15. The molecule has 0 radical (unpaired) electrons. The fourth-order valence-electron chi connectivity index (χ4n) is 1.90. The molecule has 0 aliphatic heterocycles. The van der Waals surface area contributed by atoms with Crippen LogP contribution in [0.2, 0.25) is 0 Å². The summed E-state index contributed by atoms with van der Waals surface area (Å²) in [7, 11) is 0. The quantitative estimate of drug-likeness (QED) is 0.596. The van der Waals surface area contributed by atoms with Crippen molar-refractivity contribution in [3.8, 4) is 0 Å². The fourth-order valence-corrected chi connectivity index (χ4v) is 1.90. The van der Waals surface area contributed by atoms with E-state index in [1.807, 2.05) is 0 Å². The minimum Gasteiger partial charge on any atom is -0.370 e. The zero-order valence-corrected chi connectivity index (χ0v) is 12.6. The van der Waals surface area contributed by atoms with Gasteiger partial charge in [-0.1, -0.05) is 26.7 Å². The topological polar surface area (TPSA) is 63.3 Å². The summed E-state index contributed by atoms with van der Waals surface area (Å²) in [5.41, 5.74) is 6.10. The van der Waals surface area contributed by atoms with E-state index in [4.69, 9.17) is 5.73 Å². The number of halogens is 1. The SMILES string of the molecule is CC(C)CCCC(C)NC(N)=NCc1ncccc1F. The van der Waals surface area contributed by atoms with Crippen molar-refractivity contribution in [1.29, 1.82) is 0 Å². The molecule has 3 N–H and O–H groups in total. The van der Waals surface area contributed by atoms with E-state index in [2.05, 4.69) is 36.1 Å². The number of aliphatic imine (C=N–C) groups is 1. The lowest BCUT2D eigenvalue weighted by Crippen LogP contribution is -2.38. The van der Waals surface area contributed by atoms with E-state index in [0.717, 1.165) is 18.8 Å². The Labute approximate surface area is 120 Å².